The molecule has 0 nitrogen and oxygen atoms in total. The lowest BCUT2D eigenvalue weighted by atomic mass is 10.5. The Balaban J connectivity index is 3.54. The summed E-state index contributed by atoms with van der Waals surface area (Å²) in [6.07, 6.45) is -1.41. The molecule has 1 unspecified atom stereocenters. The van der Waals surface area contributed by atoms with Crippen molar-refractivity contribution in [1.82, 2.24) is 0 Å². The predicted octanol–water partition coefficient (Wildman–Crippen LogP) is 2.71. The minimum atomic E-state index is -1.75. The fourth-order valence-corrected chi connectivity index (χ4v) is 0. The van der Waals surface area contributed by atoms with Gasteiger partial charge in [-0.05, 0) is 6.92 Å². The third-order valence-electron chi connectivity index (χ3n) is 0.451. The van der Waals surface area contributed by atoms with E-state index in [9.17, 15) is 4.39 Å². The molecule has 0 aromatic carbocycles. The zero-order valence-corrected chi connectivity index (χ0v) is 5.86. The maximum Gasteiger partial charge on any atom is 0.220 e. The first-order valence-corrected chi connectivity index (χ1v) is 2.79. The van der Waals surface area contributed by atoms with Crippen molar-refractivity contribution in [3.05, 3.63) is 0 Å². The fourth-order valence-electron chi connectivity index (χ4n) is 0. The lowest BCUT2D eigenvalue weighted by molar-refractivity contribution is 0.367. The van der Waals surface area contributed by atoms with Crippen LogP contribution < -0.4 is 0 Å². The van der Waals surface area contributed by atoms with Gasteiger partial charge in [0.2, 0.25) is 3.79 Å². The molecule has 0 rings (SSSR count). The van der Waals surface area contributed by atoms with Gasteiger partial charge in [0.25, 0.3) is 0 Å². The summed E-state index contributed by atoms with van der Waals surface area (Å²) >= 11 is 15.1. The zero-order valence-electron chi connectivity index (χ0n) is 3.59. The summed E-state index contributed by atoms with van der Waals surface area (Å²) in [5, 5.41) is 0. The van der Waals surface area contributed by atoms with Crippen LogP contribution in [0.4, 0.5) is 4.39 Å². The van der Waals surface area contributed by atoms with Gasteiger partial charge < -0.3 is 0 Å². The van der Waals surface area contributed by atoms with E-state index in [0.717, 1.165) is 0 Å². The van der Waals surface area contributed by atoms with Crippen molar-refractivity contribution in [2.45, 2.75) is 16.9 Å². The summed E-state index contributed by atoms with van der Waals surface area (Å²) in [7, 11) is 0. The zero-order chi connectivity index (χ0) is 6.08. The van der Waals surface area contributed by atoms with E-state index in [1.54, 1.807) is 0 Å². The van der Waals surface area contributed by atoms with Crippen LogP contribution in [0.1, 0.15) is 6.92 Å². The van der Waals surface area contributed by atoms with Crippen molar-refractivity contribution in [3.8, 4) is 0 Å². The second-order valence-corrected chi connectivity index (χ2v) is 3.53. The van der Waals surface area contributed by atoms with Gasteiger partial charge in [-0.2, -0.15) is 0 Å². The van der Waals surface area contributed by atoms with E-state index in [0.29, 0.717) is 0 Å². The number of rotatable bonds is 0. The molecule has 0 N–H and O–H groups in total. The molecule has 0 spiro atoms. The SMILES string of the molecule is CC(F)C(Cl)(Cl)Cl. The van der Waals surface area contributed by atoms with E-state index in [2.05, 4.69) is 0 Å². The Bertz CT molecular complexity index is 55.7. The van der Waals surface area contributed by atoms with Crippen LogP contribution in [0.2, 0.25) is 0 Å². The van der Waals surface area contributed by atoms with Crippen molar-refractivity contribution in [2.24, 2.45) is 0 Å². The van der Waals surface area contributed by atoms with E-state index in [1.807, 2.05) is 0 Å². The first-order valence-electron chi connectivity index (χ1n) is 1.65. The molecule has 0 saturated heterocycles. The van der Waals surface area contributed by atoms with Gasteiger partial charge in [0.1, 0.15) is 6.17 Å². The maximum atomic E-state index is 11.8. The molecule has 0 aliphatic carbocycles. The Morgan fingerprint density at radius 1 is 1.43 bits per heavy atom. The highest BCUT2D eigenvalue weighted by molar-refractivity contribution is 6.68. The first-order chi connectivity index (χ1) is 2.94. The average Bonchev–Trinajstić information content (AvgIpc) is 1.31. The van der Waals surface area contributed by atoms with E-state index in [-0.39, 0.29) is 0 Å². The minimum absolute atomic E-state index is 1.19. The molecule has 0 saturated carbocycles. The van der Waals surface area contributed by atoms with Crippen LogP contribution >= 0.6 is 34.8 Å². The van der Waals surface area contributed by atoms with Crippen LogP contribution in [0.3, 0.4) is 0 Å². The molecule has 0 aromatic rings. The highest BCUT2D eigenvalue weighted by Gasteiger charge is 2.27. The molecule has 1 atom stereocenters. The first kappa shape index (κ1) is 7.80. The highest BCUT2D eigenvalue weighted by atomic mass is 35.6. The number of hydrogen-bond donors (Lipinski definition) is 0. The lowest BCUT2D eigenvalue weighted by Gasteiger charge is -2.09. The topological polar surface area (TPSA) is 0 Å². The fraction of sp³-hybridized carbons (Fsp3) is 1.00. The van der Waals surface area contributed by atoms with Crippen LogP contribution in [-0.2, 0) is 0 Å². The minimum Gasteiger partial charge on any atom is -0.243 e. The smallest absolute Gasteiger partial charge is 0.220 e. The van der Waals surface area contributed by atoms with Gasteiger partial charge in [0.05, 0.1) is 0 Å². The third-order valence-corrected chi connectivity index (χ3v) is 1.35. The molecule has 0 aliphatic rings. The number of hydrogen-bond acceptors (Lipinski definition) is 0. The molecule has 0 heterocycles. The third kappa shape index (κ3) is 3.39. The maximum absolute atomic E-state index is 11.8. The molecule has 0 bridgehead atoms. The summed E-state index contributed by atoms with van der Waals surface area (Å²) in [5.41, 5.74) is 0. The van der Waals surface area contributed by atoms with Crippen LogP contribution in [0.25, 0.3) is 0 Å². The molecular weight excluding hydrogens is 161 g/mol. The van der Waals surface area contributed by atoms with Gasteiger partial charge in [-0.15, -0.1) is 0 Å². The Morgan fingerprint density at radius 2 is 1.57 bits per heavy atom. The van der Waals surface area contributed by atoms with Crippen molar-refractivity contribution in [2.75, 3.05) is 0 Å². The van der Waals surface area contributed by atoms with Crippen LogP contribution in [0, 0.1) is 0 Å². The molecular formula is C3H4Cl3F. The Morgan fingerprint density at radius 3 is 1.57 bits per heavy atom. The second kappa shape index (κ2) is 2.38. The molecule has 0 aliphatic heterocycles. The van der Waals surface area contributed by atoms with Crippen molar-refractivity contribution < 1.29 is 4.39 Å². The van der Waals surface area contributed by atoms with E-state index in [1.165, 1.54) is 6.92 Å². The Hall–Kier alpha value is 0.800. The quantitative estimate of drug-likeness (QED) is 0.484. The number of halogens is 4. The normalized spacial score (nSPS) is 16.7. The van der Waals surface area contributed by atoms with E-state index >= 15 is 0 Å². The summed E-state index contributed by atoms with van der Waals surface area (Å²) in [6.45, 7) is 1.19. The predicted molar refractivity (Wildman–Crippen MR) is 30.9 cm³/mol. The van der Waals surface area contributed by atoms with Gasteiger partial charge in [-0.3, -0.25) is 0 Å². The van der Waals surface area contributed by atoms with Gasteiger partial charge >= 0.3 is 0 Å². The lowest BCUT2D eigenvalue weighted by Crippen LogP contribution is -2.15. The van der Waals surface area contributed by atoms with E-state index < -0.39 is 9.96 Å². The molecule has 4 heteroatoms. The standard InChI is InChI=1S/C3H4Cl3F/c1-2(7)3(4,5)6/h2H,1H3. The summed E-state index contributed by atoms with van der Waals surface area (Å²) in [6, 6.07) is 0. The molecule has 0 fully saturated rings. The molecule has 0 amide bonds. The summed E-state index contributed by atoms with van der Waals surface area (Å²) < 4.78 is 10.1. The van der Waals surface area contributed by atoms with Gasteiger partial charge in [0.15, 0.2) is 0 Å². The van der Waals surface area contributed by atoms with Crippen LogP contribution in [0.5, 0.6) is 0 Å². The van der Waals surface area contributed by atoms with Crippen molar-refractivity contribution in [1.29, 1.82) is 0 Å². The Labute approximate surface area is 56.5 Å². The van der Waals surface area contributed by atoms with Crippen LogP contribution in [0.15, 0.2) is 0 Å². The Kier molecular flexibility index (Phi) is 2.65. The summed E-state index contributed by atoms with van der Waals surface area (Å²) in [5.74, 6) is 0. The monoisotopic (exact) mass is 164 g/mol. The molecule has 0 aromatic heterocycles. The van der Waals surface area contributed by atoms with E-state index in [4.69, 9.17) is 34.8 Å². The summed E-state index contributed by atoms with van der Waals surface area (Å²) in [4.78, 5) is 0. The molecule has 44 valence electrons. The van der Waals surface area contributed by atoms with Crippen molar-refractivity contribution >= 4 is 34.8 Å². The van der Waals surface area contributed by atoms with Gasteiger partial charge in [-0.25, -0.2) is 4.39 Å². The molecule has 7 heavy (non-hydrogen) atoms. The average molecular weight is 165 g/mol. The van der Waals surface area contributed by atoms with Gasteiger partial charge in [0, 0.05) is 0 Å². The number of alkyl halides is 4. The highest BCUT2D eigenvalue weighted by Crippen LogP contribution is 2.31. The second-order valence-electron chi connectivity index (χ2n) is 1.16. The van der Waals surface area contributed by atoms with Crippen molar-refractivity contribution in [3.63, 3.8) is 0 Å². The molecule has 0 radical (unpaired) electrons. The largest absolute Gasteiger partial charge is 0.243 e. The van der Waals surface area contributed by atoms with Gasteiger partial charge in [-0.1, -0.05) is 34.8 Å². The van der Waals surface area contributed by atoms with Crippen LogP contribution in [-0.4, -0.2) is 9.96 Å².